The number of aliphatic hydroxyl groups excluding tert-OH is 1. The molecule has 2 aromatic heterocycles. The van der Waals surface area contributed by atoms with Crippen molar-refractivity contribution in [3.05, 3.63) is 12.7 Å². The molecule has 1 aliphatic rings. The van der Waals surface area contributed by atoms with Gasteiger partial charge in [-0.25, -0.2) is 15.0 Å². The maximum absolute atomic E-state index is 11.7. The van der Waals surface area contributed by atoms with E-state index in [1.165, 1.54) is 17.2 Å². The molecule has 0 radical (unpaired) electrons. The number of aliphatic hydroxyl groups is 1. The highest BCUT2D eigenvalue weighted by Gasteiger charge is 2.44. The van der Waals surface area contributed by atoms with E-state index in [2.05, 4.69) is 19.5 Å². The number of nitrogens with zero attached hydrogens (tertiary/aromatic N) is 4. The van der Waals surface area contributed by atoms with E-state index < -0.39 is 52.2 Å². The Morgan fingerprint density at radius 1 is 1.26 bits per heavy atom. The first kappa shape index (κ1) is 20.3. The van der Waals surface area contributed by atoms with Crippen molar-refractivity contribution in [2.75, 3.05) is 18.2 Å². The zero-order chi connectivity index (χ0) is 20.0. The molecular weight excluding hydrogens is 406 g/mol. The number of imidazole rings is 1. The summed E-state index contributed by atoms with van der Waals surface area (Å²) in [6.45, 7) is -0.608. The number of nitrogen functional groups attached to an aromatic ring is 1. The Morgan fingerprint density at radius 2 is 1.96 bits per heavy atom. The van der Waals surface area contributed by atoms with Crippen LogP contribution in [0.4, 0.5) is 5.82 Å². The average molecular weight is 424 g/mol. The Bertz CT molecular complexity index is 933. The molecule has 14 nitrogen and oxygen atoms in total. The van der Waals surface area contributed by atoms with E-state index >= 15 is 0 Å². The summed E-state index contributed by atoms with van der Waals surface area (Å²) in [5.74, 6) is -1.20. The molecule has 0 bridgehead atoms. The highest BCUT2D eigenvalue weighted by molar-refractivity contribution is 7.70. The number of nitrogens with two attached hydrogens (primary N) is 2. The molecule has 1 aliphatic heterocycles. The van der Waals surface area contributed by atoms with Gasteiger partial charge < -0.3 is 40.5 Å². The SMILES string of the molecule is Nc1ncnc2c1ncn2[C@@H]1O[C@H](COP(=O)(O)CP(=O)(O)O)[C@@H](O)[C@H]1N. The summed E-state index contributed by atoms with van der Waals surface area (Å²) >= 11 is 0. The standard InChI is InChI=1S/C11H18N6O8P2/c12-6-8(18)5(1-24-27(22,23)4-26(19,20)21)25-11(6)17-3-16-7-9(13)14-2-15-10(7)17/h2-3,5-6,8,11,18H,1,4,12H2,(H,22,23)(H2,13,14,15)(H2,19,20,21)/t5-,6-,8-,11-/m1/s1. The Balaban J connectivity index is 1.75. The zero-order valence-corrected chi connectivity index (χ0v) is 15.4. The minimum atomic E-state index is -4.76. The Morgan fingerprint density at radius 3 is 2.63 bits per heavy atom. The van der Waals surface area contributed by atoms with Gasteiger partial charge in [-0.3, -0.25) is 13.7 Å². The summed E-state index contributed by atoms with van der Waals surface area (Å²) in [7, 11) is -9.35. The predicted octanol–water partition coefficient (Wildman–Crippen LogP) is -1.67. The molecule has 0 saturated carbocycles. The predicted molar refractivity (Wildman–Crippen MR) is 90.3 cm³/mol. The van der Waals surface area contributed by atoms with Crippen LogP contribution in [0.15, 0.2) is 12.7 Å². The average Bonchev–Trinajstić information content (AvgIpc) is 3.07. The maximum atomic E-state index is 11.7. The molecule has 0 aromatic carbocycles. The van der Waals surface area contributed by atoms with Crippen LogP contribution in [0.2, 0.25) is 0 Å². The van der Waals surface area contributed by atoms with Gasteiger partial charge in [0.25, 0.3) is 0 Å². The fourth-order valence-corrected chi connectivity index (χ4v) is 5.24. The first-order valence-electron chi connectivity index (χ1n) is 7.51. The normalized spacial score (nSPS) is 28.5. The number of aromatic nitrogens is 4. The van der Waals surface area contributed by atoms with E-state index in [4.69, 9.17) is 26.0 Å². The fraction of sp³-hybridized carbons (Fsp3) is 0.545. The molecule has 16 heteroatoms. The summed E-state index contributed by atoms with van der Waals surface area (Å²) in [5, 5.41) is 10.2. The van der Waals surface area contributed by atoms with Gasteiger partial charge in [-0.15, -0.1) is 0 Å². The van der Waals surface area contributed by atoms with E-state index in [0.29, 0.717) is 11.2 Å². The van der Waals surface area contributed by atoms with Crippen molar-refractivity contribution < 1.29 is 38.2 Å². The summed E-state index contributed by atoms with van der Waals surface area (Å²) in [6, 6.07) is -0.966. The number of hydrogen-bond acceptors (Lipinski definition) is 10. The topological polar surface area (TPSA) is 229 Å². The largest absolute Gasteiger partial charge is 0.389 e. The second-order valence-corrected chi connectivity index (χ2v) is 9.95. The van der Waals surface area contributed by atoms with Crippen LogP contribution in [-0.4, -0.2) is 70.1 Å². The van der Waals surface area contributed by atoms with E-state index in [9.17, 15) is 19.1 Å². The first-order chi connectivity index (χ1) is 12.5. The molecule has 3 heterocycles. The fourth-order valence-electron chi connectivity index (χ4n) is 2.68. The van der Waals surface area contributed by atoms with E-state index in [-0.39, 0.29) is 5.82 Å². The third-order valence-electron chi connectivity index (χ3n) is 3.88. The van der Waals surface area contributed by atoms with Gasteiger partial charge in [0, 0.05) is 0 Å². The number of anilines is 1. The molecule has 150 valence electrons. The van der Waals surface area contributed by atoms with Crippen LogP contribution in [-0.2, 0) is 18.4 Å². The lowest BCUT2D eigenvalue weighted by molar-refractivity contribution is -0.0400. The van der Waals surface area contributed by atoms with Gasteiger partial charge in [0.15, 0.2) is 23.6 Å². The Labute approximate surface area is 151 Å². The molecule has 1 unspecified atom stereocenters. The van der Waals surface area contributed by atoms with E-state index in [1.807, 2.05) is 0 Å². The highest BCUT2D eigenvalue weighted by Crippen LogP contribution is 2.55. The van der Waals surface area contributed by atoms with Crippen LogP contribution < -0.4 is 11.5 Å². The van der Waals surface area contributed by atoms with Gasteiger partial charge in [0.2, 0.25) is 0 Å². The maximum Gasteiger partial charge on any atom is 0.340 e. The third kappa shape index (κ3) is 4.35. The minimum Gasteiger partial charge on any atom is -0.389 e. The van der Waals surface area contributed by atoms with Crippen molar-refractivity contribution in [1.29, 1.82) is 0 Å². The van der Waals surface area contributed by atoms with E-state index in [0.717, 1.165) is 0 Å². The van der Waals surface area contributed by atoms with Crippen LogP contribution in [0.25, 0.3) is 11.2 Å². The first-order valence-corrected chi connectivity index (χ1v) is 11.1. The van der Waals surface area contributed by atoms with Gasteiger partial charge in [0.1, 0.15) is 24.1 Å². The van der Waals surface area contributed by atoms with Gasteiger partial charge in [0.05, 0.1) is 19.0 Å². The molecule has 27 heavy (non-hydrogen) atoms. The number of hydrogen-bond donors (Lipinski definition) is 6. The monoisotopic (exact) mass is 424 g/mol. The molecule has 2 aromatic rings. The quantitative estimate of drug-likeness (QED) is 0.285. The molecule has 0 aliphatic carbocycles. The van der Waals surface area contributed by atoms with Crippen LogP contribution in [0.1, 0.15) is 6.23 Å². The molecule has 0 amide bonds. The Hall–Kier alpha value is -1.47. The summed E-state index contributed by atoms with van der Waals surface area (Å²) in [5.41, 5.74) is 12.3. The molecule has 5 atom stereocenters. The van der Waals surface area contributed by atoms with Crippen LogP contribution in [0.5, 0.6) is 0 Å². The van der Waals surface area contributed by atoms with Gasteiger partial charge in [-0.05, 0) is 0 Å². The van der Waals surface area contributed by atoms with E-state index in [1.54, 1.807) is 0 Å². The number of ether oxygens (including phenoxy) is 1. The van der Waals surface area contributed by atoms with Crippen molar-refractivity contribution >= 4 is 32.2 Å². The van der Waals surface area contributed by atoms with Crippen molar-refractivity contribution in [3.63, 3.8) is 0 Å². The van der Waals surface area contributed by atoms with Crippen molar-refractivity contribution in [1.82, 2.24) is 19.5 Å². The van der Waals surface area contributed by atoms with Gasteiger partial charge in [-0.2, -0.15) is 0 Å². The minimum absolute atomic E-state index is 0.143. The molecule has 3 rings (SSSR count). The lowest BCUT2D eigenvalue weighted by Gasteiger charge is -2.18. The van der Waals surface area contributed by atoms with Gasteiger partial charge in [-0.1, -0.05) is 0 Å². The lowest BCUT2D eigenvalue weighted by atomic mass is 10.1. The molecule has 1 fully saturated rings. The third-order valence-corrected chi connectivity index (χ3v) is 7.34. The highest BCUT2D eigenvalue weighted by atomic mass is 31.2. The van der Waals surface area contributed by atoms with Gasteiger partial charge >= 0.3 is 15.2 Å². The molecule has 8 N–H and O–H groups in total. The van der Waals surface area contributed by atoms with Crippen LogP contribution in [0, 0.1) is 0 Å². The summed E-state index contributed by atoms with van der Waals surface area (Å²) < 4.78 is 34.3. The molecule has 0 spiro atoms. The molecular formula is C11H18N6O8P2. The van der Waals surface area contributed by atoms with Crippen molar-refractivity contribution in [3.8, 4) is 0 Å². The summed E-state index contributed by atoms with van der Waals surface area (Å²) in [6.07, 6.45) is -0.786. The second-order valence-electron chi connectivity index (χ2n) is 5.96. The zero-order valence-electron chi connectivity index (χ0n) is 13.6. The van der Waals surface area contributed by atoms with Crippen LogP contribution >= 0.6 is 15.2 Å². The molecule has 1 saturated heterocycles. The van der Waals surface area contributed by atoms with Crippen LogP contribution in [0.3, 0.4) is 0 Å². The lowest BCUT2D eigenvalue weighted by Crippen LogP contribution is -2.40. The smallest absolute Gasteiger partial charge is 0.340 e. The van der Waals surface area contributed by atoms with Crippen molar-refractivity contribution in [2.45, 2.75) is 24.5 Å². The number of rotatable bonds is 6. The Kier molecular flexibility index (Phi) is 5.38. The van der Waals surface area contributed by atoms with Crippen molar-refractivity contribution in [2.24, 2.45) is 5.73 Å². The second kappa shape index (κ2) is 7.17. The summed E-state index contributed by atoms with van der Waals surface area (Å²) in [4.78, 5) is 39.0. The number of fused-ring (bicyclic) bond motifs is 1.